The molecule has 1 rings (SSSR count). The average molecular weight is 250 g/mol. The highest BCUT2D eigenvalue weighted by atomic mass is 28.3. The molecule has 0 heterocycles. The molecular weight excluding hydrogens is 228 g/mol. The molecule has 1 aliphatic rings. The summed E-state index contributed by atoms with van der Waals surface area (Å²) < 4.78 is 5.01. The van der Waals surface area contributed by atoms with E-state index < -0.39 is 13.5 Å². The van der Waals surface area contributed by atoms with Crippen LogP contribution in [0.3, 0.4) is 0 Å². The number of esters is 1. The first-order valence-corrected chi connectivity index (χ1v) is 9.46. The lowest BCUT2D eigenvalue weighted by atomic mass is 9.80. The van der Waals surface area contributed by atoms with Crippen molar-refractivity contribution in [2.24, 2.45) is 5.41 Å². The van der Waals surface area contributed by atoms with Crippen molar-refractivity contribution in [1.29, 1.82) is 0 Å². The molecule has 1 unspecified atom stereocenters. The predicted octanol–water partition coefficient (Wildman–Crippen LogP) is 3.49. The fraction of sp³-hybridized carbons (Fsp3) is 0.500. The van der Waals surface area contributed by atoms with E-state index in [9.17, 15) is 4.79 Å². The Labute approximate surface area is 105 Å². The summed E-state index contributed by atoms with van der Waals surface area (Å²) in [4.78, 5) is 12.2. The molecule has 0 aromatic carbocycles. The minimum Gasteiger partial charge on any atom is -0.468 e. The number of ether oxygens (including phenoxy) is 1. The third-order valence-corrected chi connectivity index (χ3v) is 5.43. The lowest BCUT2D eigenvalue weighted by molar-refractivity contribution is -0.147. The van der Waals surface area contributed by atoms with Gasteiger partial charge in [0.05, 0.1) is 15.2 Å². The number of carbonyl (C=O) groups excluding carboxylic acids is 1. The van der Waals surface area contributed by atoms with Gasteiger partial charge in [-0.05, 0) is 12.8 Å². The molecule has 0 N–H and O–H groups in total. The van der Waals surface area contributed by atoms with Gasteiger partial charge in [-0.15, -0.1) is 6.58 Å². The third kappa shape index (κ3) is 2.60. The lowest BCUT2D eigenvalue weighted by Crippen LogP contribution is -2.43. The van der Waals surface area contributed by atoms with Gasteiger partial charge < -0.3 is 4.74 Å². The van der Waals surface area contributed by atoms with E-state index in [-0.39, 0.29) is 5.97 Å². The zero-order valence-corrected chi connectivity index (χ0v) is 12.2. The molecule has 0 spiro atoms. The van der Waals surface area contributed by atoms with Crippen LogP contribution >= 0.6 is 0 Å². The quantitative estimate of drug-likeness (QED) is 0.434. The van der Waals surface area contributed by atoms with Crippen molar-refractivity contribution in [3.63, 3.8) is 0 Å². The van der Waals surface area contributed by atoms with Crippen LogP contribution < -0.4 is 0 Å². The van der Waals surface area contributed by atoms with E-state index in [0.717, 1.165) is 6.42 Å². The van der Waals surface area contributed by atoms with E-state index in [1.807, 2.05) is 12.2 Å². The van der Waals surface area contributed by atoms with Gasteiger partial charge >= 0.3 is 5.97 Å². The Morgan fingerprint density at radius 1 is 1.59 bits per heavy atom. The van der Waals surface area contributed by atoms with E-state index in [1.165, 1.54) is 12.3 Å². The zero-order chi connectivity index (χ0) is 13.1. The Hall–Kier alpha value is -1.09. The summed E-state index contributed by atoms with van der Waals surface area (Å²) in [6.45, 7) is 10.6. The number of hydrogen-bond acceptors (Lipinski definition) is 2. The van der Waals surface area contributed by atoms with Crippen LogP contribution in [0.25, 0.3) is 0 Å². The standard InChI is InChI=1S/C14H22O2Si/c1-6-10-14(13(15)16-2)11-8-7-9-12(14)17(3,4)5/h6,8-9,11H,1,7,10H2,2-5H3. The number of carbonyl (C=O) groups is 1. The zero-order valence-electron chi connectivity index (χ0n) is 11.2. The summed E-state index contributed by atoms with van der Waals surface area (Å²) in [5.74, 6) is -0.165. The van der Waals surface area contributed by atoms with Crippen LogP contribution in [-0.4, -0.2) is 21.2 Å². The molecule has 0 aromatic heterocycles. The van der Waals surface area contributed by atoms with Crippen LogP contribution in [0.2, 0.25) is 19.6 Å². The first-order chi connectivity index (χ1) is 7.88. The normalized spacial score (nSPS) is 24.1. The first-order valence-electron chi connectivity index (χ1n) is 5.96. The Bertz CT molecular complexity index is 374. The molecule has 0 saturated heterocycles. The number of hydrogen-bond donors (Lipinski definition) is 0. The molecule has 2 nitrogen and oxygen atoms in total. The summed E-state index contributed by atoms with van der Waals surface area (Å²) in [5.41, 5.74) is -0.598. The number of allylic oxidation sites excluding steroid dienone is 3. The average Bonchev–Trinajstić information content (AvgIpc) is 2.27. The molecule has 3 heteroatoms. The summed E-state index contributed by atoms with van der Waals surface area (Å²) in [6, 6.07) is 0. The Kier molecular flexibility index (Phi) is 4.15. The van der Waals surface area contributed by atoms with Crippen molar-refractivity contribution >= 4 is 14.0 Å². The summed E-state index contributed by atoms with van der Waals surface area (Å²) in [6.07, 6.45) is 9.59. The Morgan fingerprint density at radius 2 is 2.24 bits per heavy atom. The summed E-state index contributed by atoms with van der Waals surface area (Å²) in [5, 5.41) is 1.26. The molecule has 0 aliphatic heterocycles. The minimum atomic E-state index is -1.55. The van der Waals surface area contributed by atoms with Gasteiger partial charge in [0.2, 0.25) is 0 Å². The third-order valence-electron chi connectivity index (χ3n) is 3.17. The van der Waals surface area contributed by atoms with Gasteiger partial charge in [-0.1, -0.05) is 49.1 Å². The molecule has 94 valence electrons. The van der Waals surface area contributed by atoms with E-state index in [2.05, 4.69) is 32.3 Å². The maximum Gasteiger partial charge on any atom is 0.319 e. The largest absolute Gasteiger partial charge is 0.468 e. The van der Waals surface area contributed by atoms with Crippen LogP contribution in [0.15, 0.2) is 36.1 Å². The highest BCUT2D eigenvalue weighted by Gasteiger charge is 2.45. The molecule has 0 fully saturated rings. The molecular formula is C14H22O2Si. The number of methoxy groups -OCH3 is 1. The van der Waals surface area contributed by atoms with Crippen LogP contribution in [0.5, 0.6) is 0 Å². The highest BCUT2D eigenvalue weighted by Crippen LogP contribution is 2.42. The second kappa shape index (κ2) is 5.04. The number of rotatable bonds is 4. The minimum absolute atomic E-state index is 0.165. The second-order valence-corrected chi connectivity index (χ2v) is 10.5. The highest BCUT2D eigenvalue weighted by molar-refractivity contribution is 6.83. The van der Waals surface area contributed by atoms with Gasteiger partial charge in [0, 0.05) is 0 Å². The molecule has 0 amide bonds. The Balaban J connectivity index is 3.30. The van der Waals surface area contributed by atoms with E-state index in [4.69, 9.17) is 4.74 Å². The SMILES string of the molecule is C=CCC1(C(=O)OC)C=CCC=C1[Si](C)(C)C. The van der Waals surface area contributed by atoms with Crippen LogP contribution in [0, 0.1) is 5.41 Å². The van der Waals surface area contributed by atoms with Gasteiger partial charge in [-0.2, -0.15) is 0 Å². The van der Waals surface area contributed by atoms with Gasteiger partial charge in [-0.3, -0.25) is 4.79 Å². The van der Waals surface area contributed by atoms with Crippen LogP contribution in [0.1, 0.15) is 12.8 Å². The maximum atomic E-state index is 12.2. The lowest BCUT2D eigenvalue weighted by Gasteiger charge is -2.38. The van der Waals surface area contributed by atoms with Gasteiger partial charge in [-0.25, -0.2) is 0 Å². The monoisotopic (exact) mass is 250 g/mol. The van der Waals surface area contributed by atoms with Crippen molar-refractivity contribution in [2.75, 3.05) is 7.11 Å². The van der Waals surface area contributed by atoms with Crippen molar-refractivity contribution in [3.05, 3.63) is 36.1 Å². The Morgan fingerprint density at radius 3 is 2.71 bits per heavy atom. The van der Waals surface area contributed by atoms with Gasteiger partial charge in [0.15, 0.2) is 0 Å². The molecule has 0 bridgehead atoms. The van der Waals surface area contributed by atoms with E-state index >= 15 is 0 Å². The van der Waals surface area contributed by atoms with Crippen molar-refractivity contribution in [3.8, 4) is 0 Å². The second-order valence-electron chi connectivity index (χ2n) is 5.46. The molecule has 17 heavy (non-hydrogen) atoms. The van der Waals surface area contributed by atoms with Crippen LogP contribution in [-0.2, 0) is 9.53 Å². The first kappa shape index (κ1) is 14.0. The van der Waals surface area contributed by atoms with Crippen molar-refractivity contribution in [1.82, 2.24) is 0 Å². The maximum absolute atomic E-state index is 12.2. The predicted molar refractivity (Wildman–Crippen MR) is 74.4 cm³/mol. The van der Waals surface area contributed by atoms with Crippen LogP contribution in [0.4, 0.5) is 0 Å². The van der Waals surface area contributed by atoms with Gasteiger partial charge in [0.1, 0.15) is 5.41 Å². The fourth-order valence-corrected chi connectivity index (χ4v) is 4.91. The van der Waals surface area contributed by atoms with Crippen molar-refractivity contribution < 1.29 is 9.53 Å². The molecule has 1 aliphatic carbocycles. The summed E-state index contributed by atoms with van der Waals surface area (Å²) in [7, 11) is -0.0910. The topological polar surface area (TPSA) is 26.3 Å². The van der Waals surface area contributed by atoms with E-state index in [0.29, 0.717) is 6.42 Å². The van der Waals surface area contributed by atoms with Gasteiger partial charge in [0.25, 0.3) is 0 Å². The summed E-state index contributed by atoms with van der Waals surface area (Å²) >= 11 is 0. The molecule has 0 saturated carbocycles. The van der Waals surface area contributed by atoms with Crippen molar-refractivity contribution in [2.45, 2.75) is 32.5 Å². The smallest absolute Gasteiger partial charge is 0.319 e. The molecule has 0 radical (unpaired) electrons. The van der Waals surface area contributed by atoms with E-state index in [1.54, 1.807) is 6.08 Å². The molecule has 1 atom stereocenters. The molecule has 0 aromatic rings. The fourth-order valence-electron chi connectivity index (χ4n) is 2.55.